The van der Waals surface area contributed by atoms with Crippen molar-refractivity contribution >= 4 is 11.4 Å². The largest absolute Gasteiger partial charge is 0.492 e. The molecular formula is C13H20N2O2. The normalized spacial score (nSPS) is 23.6. The zero-order chi connectivity index (χ0) is 12.3. The third-order valence-corrected chi connectivity index (χ3v) is 3.02. The number of rotatable bonds is 4. The summed E-state index contributed by atoms with van der Waals surface area (Å²) in [6, 6.07) is 5.81. The van der Waals surface area contributed by atoms with Crippen LogP contribution in [-0.4, -0.2) is 25.4 Å². The maximum atomic E-state index is 6.08. The van der Waals surface area contributed by atoms with Crippen LogP contribution in [0.1, 0.15) is 20.3 Å². The fraction of sp³-hybridized carbons (Fsp3) is 0.538. The van der Waals surface area contributed by atoms with Crippen molar-refractivity contribution in [1.82, 2.24) is 0 Å². The molecule has 1 aliphatic heterocycles. The molecule has 1 saturated heterocycles. The molecule has 1 aromatic rings. The van der Waals surface area contributed by atoms with E-state index < -0.39 is 0 Å². The first-order valence-corrected chi connectivity index (χ1v) is 6.02. The average Bonchev–Trinajstić information content (AvgIpc) is 2.71. The highest BCUT2D eigenvalue weighted by Gasteiger charge is 2.30. The molecule has 1 fully saturated rings. The number of hydrogen-bond donors (Lipinski definition) is 2. The Hall–Kier alpha value is -1.42. The van der Waals surface area contributed by atoms with Gasteiger partial charge in [-0.15, -0.1) is 0 Å². The van der Waals surface area contributed by atoms with Gasteiger partial charge < -0.3 is 20.5 Å². The van der Waals surface area contributed by atoms with Crippen molar-refractivity contribution in [2.24, 2.45) is 0 Å². The molecule has 17 heavy (non-hydrogen) atoms. The van der Waals surface area contributed by atoms with Crippen molar-refractivity contribution in [3.05, 3.63) is 18.2 Å². The molecule has 0 spiro atoms. The number of benzene rings is 1. The van der Waals surface area contributed by atoms with Crippen LogP contribution in [0.2, 0.25) is 0 Å². The second-order valence-electron chi connectivity index (χ2n) is 4.64. The van der Waals surface area contributed by atoms with E-state index in [-0.39, 0.29) is 5.54 Å². The van der Waals surface area contributed by atoms with Gasteiger partial charge in [0.15, 0.2) is 0 Å². The molecule has 0 amide bonds. The van der Waals surface area contributed by atoms with Gasteiger partial charge in [0.1, 0.15) is 5.75 Å². The Bertz CT molecular complexity index is 387. The zero-order valence-electron chi connectivity index (χ0n) is 10.5. The third-order valence-electron chi connectivity index (χ3n) is 3.02. The summed E-state index contributed by atoms with van der Waals surface area (Å²) in [5.41, 5.74) is 7.64. The lowest BCUT2D eigenvalue weighted by Crippen LogP contribution is -2.35. The highest BCUT2D eigenvalue weighted by atomic mass is 16.5. The van der Waals surface area contributed by atoms with E-state index in [4.69, 9.17) is 15.2 Å². The van der Waals surface area contributed by atoms with Crippen LogP contribution in [0.25, 0.3) is 0 Å². The predicted octanol–water partition coefficient (Wildman–Crippen LogP) is 2.26. The van der Waals surface area contributed by atoms with Gasteiger partial charge in [0, 0.05) is 6.61 Å². The molecule has 3 N–H and O–H groups in total. The summed E-state index contributed by atoms with van der Waals surface area (Å²) in [5.74, 6) is 0.736. The molecular weight excluding hydrogens is 216 g/mol. The van der Waals surface area contributed by atoms with E-state index in [0.717, 1.165) is 24.5 Å². The first kappa shape index (κ1) is 12.0. The lowest BCUT2D eigenvalue weighted by atomic mass is 10.0. The van der Waals surface area contributed by atoms with E-state index in [2.05, 4.69) is 12.2 Å². The molecule has 1 heterocycles. The molecule has 0 radical (unpaired) electrons. The monoisotopic (exact) mass is 236 g/mol. The quantitative estimate of drug-likeness (QED) is 0.787. The number of nitrogens with one attached hydrogen (secondary N) is 1. The fourth-order valence-electron chi connectivity index (χ4n) is 2.03. The van der Waals surface area contributed by atoms with Gasteiger partial charge >= 0.3 is 0 Å². The molecule has 0 bridgehead atoms. The Morgan fingerprint density at radius 2 is 2.35 bits per heavy atom. The Kier molecular flexibility index (Phi) is 3.43. The van der Waals surface area contributed by atoms with Crippen LogP contribution in [0.5, 0.6) is 5.75 Å². The van der Waals surface area contributed by atoms with Crippen molar-refractivity contribution in [3.8, 4) is 5.75 Å². The van der Waals surface area contributed by atoms with Gasteiger partial charge in [-0.3, -0.25) is 0 Å². The van der Waals surface area contributed by atoms with E-state index in [0.29, 0.717) is 18.9 Å². The van der Waals surface area contributed by atoms with E-state index >= 15 is 0 Å². The lowest BCUT2D eigenvalue weighted by molar-refractivity contribution is 0.185. The van der Waals surface area contributed by atoms with Crippen LogP contribution in [0.4, 0.5) is 11.4 Å². The minimum absolute atomic E-state index is 0.0288. The van der Waals surface area contributed by atoms with Crippen molar-refractivity contribution in [1.29, 1.82) is 0 Å². The molecule has 94 valence electrons. The smallest absolute Gasteiger partial charge is 0.144 e. The minimum atomic E-state index is -0.0288. The summed E-state index contributed by atoms with van der Waals surface area (Å²) in [6.07, 6.45) is 0.991. The average molecular weight is 236 g/mol. The second-order valence-corrected chi connectivity index (χ2v) is 4.64. The van der Waals surface area contributed by atoms with E-state index in [1.54, 1.807) is 0 Å². The van der Waals surface area contributed by atoms with Crippen molar-refractivity contribution in [2.75, 3.05) is 30.9 Å². The summed E-state index contributed by atoms with van der Waals surface area (Å²) in [5, 5.41) is 3.45. The summed E-state index contributed by atoms with van der Waals surface area (Å²) < 4.78 is 10.9. The van der Waals surface area contributed by atoms with Gasteiger partial charge in [-0.25, -0.2) is 0 Å². The van der Waals surface area contributed by atoms with Crippen LogP contribution in [0.3, 0.4) is 0 Å². The fourth-order valence-corrected chi connectivity index (χ4v) is 2.03. The Morgan fingerprint density at radius 3 is 3.00 bits per heavy atom. The highest BCUT2D eigenvalue weighted by molar-refractivity contribution is 5.73. The first-order valence-electron chi connectivity index (χ1n) is 6.02. The Balaban J connectivity index is 2.18. The maximum Gasteiger partial charge on any atom is 0.144 e. The SMILES string of the molecule is CCOc1cccc(NC2(C)CCOC2)c1N. The van der Waals surface area contributed by atoms with Crippen LogP contribution in [0.15, 0.2) is 18.2 Å². The van der Waals surface area contributed by atoms with Crippen molar-refractivity contribution in [2.45, 2.75) is 25.8 Å². The summed E-state index contributed by atoms with van der Waals surface area (Å²) in [6.45, 7) is 6.23. The Labute approximate surface area is 102 Å². The molecule has 0 saturated carbocycles. The van der Waals surface area contributed by atoms with E-state index in [1.807, 2.05) is 25.1 Å². The summed E-state index contributed by atoms with van der Waals surface area (Å²) >= 11 is 0. The van der Waals surface area contributed by atoms with Gasteiger partial charge in [-0.1, -0.05) is 6.07 Å². The minimum Gasteiger partial charge on any atom is -0.492 e. The van der Waals surface area contributed by atoms with Crippen LogP contribution < -0.4 is 15.8 Å². The maximum absolute atomic E-state index is 6.08. The van der Waals surface area contributed by atoms with Gasteiger partial charge in [0.2, 0.25) is 0 Å². The van der Waals surface area contributed by atoms with E-state index in [1.165, 1.54) is 0 Å². The van der Waals surface area contributed by atoms with Gasteiger partial charge in [-0.2, -0.15) is 0 Å². The first-order chi connectivity index (χ1) is 8.14. The number of nitrogens with two attached hydrogens (primary N) is 1. The molecule has 0 aromatic heterocycles. The van der Waals surface area contributed by atoms with Gasteiger partial charge in [0.05, 0.1) is 30.1 Å². The number of hydrogen-bond acceptors (Lipinski definition) is 4. The molecule has 1 atom stereocenters. The van der Waals surface area contributed by atoms with Crippen LogP contribution in [-0.2, 0) is 4.74 Å². The molecule has 2 rings (SSSR count). The molecule has 1 unspecified atom stereocenters. The van der Waals surface area contributed by atoms with Crippen molar-refractivity contribution in [3.63, 3.8) is 0 Å². The molecule has 1 aliphatic rings. The summed E-state index contributed by atoms with van der Waals surface area (Å²) in [4.78, 5) is 0. The Morgan fingerprint density at radius 1 is 1.53 bits per heavy atom. The second kappa shape index (κ2) is 4.84. The number of ether oxygens (including phenoxy) is 2. The van der Waals surface area contributed by atoms with Crippen LogP contribution in [0, 0.1) is 0 Å². The van der Waals surface area contributed by atoms with Gasteiger partial charge in [-0.05, 0) is 32.4 Å². The molecule has 4 nitrogen and oxygen atoms in total. The molecule has 0 aliphatic carbocycles. The lowest BCUT2D eigenvalue weighted by Gasteiger charge is -2.26. The standard InChI is InChI=1S/C13H20N2O2/c1-3-17-11-6-4-5-10(12(11)14)15-13(2)7-8-16-9-13/h4-6,15H,3,7-9,14H2,1-2H3. The van der Waals surface area contributed by atoms with Crippen molar-refractivity contribution < 1.29 is 9.47 Å². The topological polar surface area (TPSA) is 56.5 Å². The van der Waals surface area contributed by atoms with Gasteiger partial charge in [0.25, 0.3) is 0 Å². The predicted molar refractivity (Wildman–Crippen MR) is 69.5 cm³/mol. The van der Waals surface area contributed by atoms with Crippen LogP contribution >= 0.6 is 0 Å². The third kappa shape index (κ3) is 2.64. The zero-order valence-corrected chi connectivity index (χ0v) is 10.5. The van der Waals surface area contributed by atoms with E-state index in [9.17, 15) is 0 Å². The molecule has 1 aromatic carbocycles. The number of para-hydroxylation sites is 1. The summed E-state index contributed by atoms with van der Waals surface area (Å²) in [7, 11) is 0. The molecule has 4 heteroatoms. The highest BCUT2D eigenvalue weighted by Crippen LogP contribution is 2.33. The number of nitrogen functional groups attached to an aromatic ring is 1. The number of anilines is 2.